The molecule has 0 aliphatic carbocycles. The topological polar surface area (TPSA) is 41.3 Å². The van der Waals surface area contributed by atoms with Gasteiger partial charge in [0.25, 0.3) is 0 Å². The second kappa shape index (κ2) is 6.60. The van der Waals surface area contributed by atoms with Gasteiger partial charge in [0.05, 0.1) is 17.6 Å². The van der Waals surface area contributed by atoms with Crippen LogP contribution in [0.2, 0.25) is 0 Å². The first-order valence-corrected chi connectivity index (χ1v) is 10.7. The smallest absolute Gasteiger partial charge is 0.144 e. The van der Waals surface area contributed by atoms with Crippen molar-refractivity contribution in [2.24, 2.45) is 5.92 Å². The first-order valence-electron chi connectivity index (χ1n) is 10.7. The highest BCUT2D eigenvalue weighted by molar-refractivity contribution is 6.09. The molecular formula is C25H25N3O. The number of pyridine rings is 1. The van der Waals surface area contributed by atoms with Crippen LogP contribution in [0.25, 0.3) is 33.2 Å². The maximum absolute atomic E-state index is 6.18. The maximum Gasteiger partial charge on any atom is 0.144 e. The van der Waals surface area contributed by atoms with Crippen molar-refractivity contribution >= 4 is 27.6 Å². The van der Waals surface area contributed by atoms with Crippen molar-refractivity contribution in [1.29, 1.82) is 0 Å². The third-order valence-electron chi connectivity index (χ3n) is 6.95. The van der Waals surface area contributed by atoms with Crippen molar-refractivity contribution in [2.45, 2.75) is 31.8 Å². The van der Waals surface area contributed by atoms with Gasteiger partial charge in [0, 0.05) is 28.4 Å². The molecule has 4 nitrogen and oxygen atoms in total. The quantitative estimate of drug-likeness (QED) is 0.504. The largest absolute Gasteiger partial charge is 0.455 e. The van der Waals surface area contributed by atoms with Gasteiger partial charge < -0.3 is 9.73 Å². The van der Waals surface area contributed by atoms with Gasteiger partial charge in [0.1, 0.15) is 11.2 Å². The Morgan fingerprint density at radius 1 is 0.966 bits per heavy atom. The molecule has 146 valence electrons. The molecule has 4 aromatic rings. The van der Waals surface area contributed by atoms with Crippen molar-refractivity contribution in [3.8, 4) is 11.3 Å². The molecule has 3 aliphatic heterocycles. The van der Waals surface area contributed by atoms with Gasteiger partial charge >= 0.3 is 0 Å². The van der Waals surface area contributed by atoms with Gasteiger partial charge in [-0.05, 0) is 63.0 Å². The fourth-order valence-electron chi connectivity index (χ4n) is 5.33. The normalized spacial score (nSPS) is 26.2. The van der Waals surface area contributed by atoms with Crippen LogP contribution in [0.3, 0.4) is 0 Å². The summed E-state index contributed by atoms with van der Waals surface area (Å²) in [5.74, 6) is 0.777. The molecule has 2 atom stereocenters. The molecule has 5 heterocycles. The molecule has 29 heavy (non-hydrogen) atoms. The molecule has 2 bridgehead atoms. The molecule has 3 aliphatic rings. The summed E-state index contributed by atoms with van der Waals surface area (Å²) in [5, 5.41) is 6.07. The van der Waals surface area contributed by atoms with Crippen molar-refractivity contribution in [2.75, 3.05) is 18.4 Å². The summed E-state index contributed by atoms with van der Waals surface area (Å²) in [5.41, 5.74) is 4.93. The molecule has 0 unspecified atom stereocenters. The first kappa shape index (κ1) is 17.0. The van der Waals surface area contributed by atoms with E-state index in [-0.39, 0.29) is 0 Å². The fourth-order valence-corrected chi connectivity index (χ4v) is 5.33. The molecule has 0 saturated carbocycles. The van der Waals surface area contributed by atoms with E-state index in [0.29, 0.717) is 12.1 Å². The average Bonchev–Trinajstić information content (AvgIpc) is 3.16. The van der Waals surface area contributed by atoms with E-state index in [4.69, 9.17) is 9.40 Å². The van der Waals surface area contributed by atoms with Crippen molar-refractivity contribution in [1.82, 2.24) is 9.88 Å². The lowest BCUT2D eigenvalue weighted by molar-refractivity contribution is 0.0458. The molecule has 0 amide bonds. The zero-order valence-corrected chi connectivity index (χ0v) is 16.6. The minimum Gasteiger partial charge on any atom is -0.455 e. The summed E-state index contributed by atoms with van der Waals surface area (Å²) in [4.78, 5) is 7.40. The molecule has 1 N–H and O–H groups in total. The molecule has 3 fully saturated rings. The van der Waals surface area contributed by atoms with Crippen LogP contribution in [-0.2, 0) is 0 Å². The third-order valence-corrected chi connectivity index (χ3v) is 6.95. The average molecular weight is 383 g/mol. The number of rotatable bonds is 3. The van der Waals surface area contributed by atoms with Crippen LogP contribution in [0.4, 0.5) is 5.69 Å². The van der Waals surface area contributed by atoms with Gasteiger partial charge in [-0.3, -0.25) is 9.88 Å². The number of nitrogens with zero attached hydrogens (tertiary/aromatic N) is 2. The standard InChI is InChI=1S/C25H25N3O/c1-16-24(17-11-13-28(16)14-12-17)27-18-9-10-22(26-15-18)21-7-4-6-20-19-5-2-3-8-23(19)29-25(20)21/h2-10,15-17,24,27H,11-14H2,1H3/t16-,24+/m1/s1. The van der Waals surface area contributed by atoms with E-state index in [9.17, 15) is 0 Å². The summed E-state index contributed by atoms with van der Waals surface area (Å²) in [6.07, 6.45) is 4.59. The summed E-state index contributed by atoms with van der Waals surface area (Å²) in [6, 6.07) is 19.9. The maximum atomic E-state index is 6.18. The predicted molar refractivity (Wildman–Crippen MR) is 118 cm³/mol. The monoisotopic (exact) mass is 383 g/mol. The van der Waals surface area contributed by atoms with E-state index in [2.05, 4.69) is 59.6 Å². The Morgan fingerprint density at radius 3 is 2.59 bits per heavy atom. The number of nitrogens with one attached hydrogen (secondary N) is 1. The SMILES string of the molecule is C[C@@H]1[C@H](Nc2ccc(-c3cccc4c3oc3ccccc34)nc2)C2CCN1CC2. The second-order valence-electron chi connectivity index (χ2n) is 8.50. The predicted octanol–water partition coefficient (Wildman–Crippen LogP) is 5.54. The minimum atomic E-state index is 0.518. The van der Waals surface area contributed by atoms with Crippen LogP contribution in [0.15, 0.2) is 65.2 Å². The Kier molecular flexibility index (Phi) is 3.88. The van der Waals surface area contributed by atoms with E-state index in [1.54, 1.807) is 0 Å². The molecule has 7 rings (SSSR count). The number of aromatic nitrogens is 1. The number of hydrogen-bond acceptors (Lipinski definition) is 4. The van der Waals surface area contributed by atoms with Gasteiger partial charge in [-0.1, -0.05) is 30.3 Å². The number of benzene rings is 2. The van der Waals surface area contributed by atoms with E-state index < -0.39 is 0 Å². The van der Waals surface area contributed by atoms with Gasteiger partial charge in [-0.15, -0.1) is 0 Å². The molecule has 2 aromatic heterocycles. The summed E-state index contributed by atoms with van der Waals surface area (Å²) < 4.78 is 6.18. The van der Waals surface area contributed by atoms with Crippen LogP contribution in [-0.4, -0.2) is 35.1 Å². The number of fused-ring (bicyclic) bond motifs is 6. The highest BCUT2D eigenvalue weighted by atomic mass is 16.3. The van der Waals surface area contributed by atoms with Crippen molar-refractivity contribution < 1.29 is 4.42 Å². The van der Waals surface area contributed by atoms with Crippen LogP contribution in [0.5, 0.6) is 0 Å². The Hall–Kier alpha value is -2.85. The number of anilines is 1. The van der Waals surface area contributed by atoms with E-state index in [1.807, 2.05) is 18.3 Å². The Bertz CT molecular complexity index is 1170. The summed E-state index contributed by atoms with van der Waals surface area (Å²) >= 11 is 0. The third kappa shape index (κ3) is 2.74. The van der Waals surface area contributed by atoms with Crippen molar-refractivity contribution in [3.63, 3.8) is 0 Å². The minimum absolute atomic E-state index is 0.518. The Labute approximate surface area is 170 Å². The Morgan fingerprint density at radius 2 is 1.79 bits per heavy atom. The van der Waals surface area contributed by atoms with E-state index >= 15 is 0 Å². The van der Waals surface area contributed by atoms with Gasteiger partial charge in [0.15, 0.2) is 0 Å². The first-order chi connectivity index (χ1) is 14.3. The highest BCUT2D eigenvalue weighted by Gasteiger charge is 2.39. The fraction of sp³-hybridized carbons (Fsp3) is 0.320. The second-order valence-corrected chi connectivity index (χ2v) is 8.50. The zero-order valence-electron chi connectivity index (χ0n) is 16.6. The van der Waals surface area contributed by atoms with Crippen LogP contribution in [0.1, 0.15) is 19.8 Å². The number of piperidine rings is 3. The number of para-hydroxylation sites is 2. The van der Waals surface area contributed by atoms with E-state index in [1.165, 1.54) is 25.9 Å². The molecule has 4 heteroatoms. The zero-order chi connectivity index (χ0) is 19.4. The van der Waals surface area contributed by atoms with Crippen LogP contribution in [0, 0.1) is 5.92 Å². The van der Waals surface area contributed by atoms with Gasteiger partial charge in [-0.2, -0.15) is 0 Å². The Balaban J connectivity index is 1.32. The summed E-state index contributed by atoms with van der Waals surface area (Å²) in [7, 11) is 0. The molecule has 2 aromatic carbocycles. The summed E-state index contributed by atoms with van der Waals surface area (Å²) in [6.45, 7) is 4.86. The highest BCUT2D eigenvalue weighted by Crippen LogP contribution is 2.36. The lowest BCUT2D eigenvalue weighted by atomic mass is 9.79. The number of furan rings is 1. The lowest BCUT2D eigenvalue weighted by Gasteiger charge is -2.50. The van der Waals surface area contributed by atoms with Crippen LogP contribution >= 0.6 is 0 Å². The number of hydrogen-bond donors (Lipinski definition) is 1. The molecule has 3 saturated heterocycles. The van der Waals surface area contributed by atoms with Gasteiger partial charge in [-0.25, -0.2) is 0 Å². The lowest BCUT2D eigenvalue weighted by Crippen LogP contribution is -2.59. The molecule has 0 radical (unpaired) electrons. The van der Waals surface area contributed by atoms with Crippen molar-refractivity contribution in [3.05, 3.63) is 60.8 Å². The molecule has 0 spiro atoms. The van der Waals surface area contributed by atoms with E-state index in [0.717, 1.165) is 44.8 Å². The van der Waals surface area contributed by atoms with Crippen LogP contribution < -0.4 is 5.32 Å². The van der Waals surface area contributed by atoms with Gasteiger partial charge in [0.2, 0.25) is 0 Å². The molecular weight excluding hydrogens is 358 g/mol.